The molecule has 0 aliphatic heterocycles. The first-order chi connectivity index (χ1) is 8.71. The minimum atomic E-state index is -0.632. The molecule has 2 atom stereocenters. The van der Waals surface area contributed by atoms with Gasteiger partial charge in [-0.15, -0.1) is 0 Å². The number of hydrogen-bond donors (Lipinski definition) is 1. The van der Waals surface area contributed by atoms with Crippen LogP contribution < -0.4 is 0 Å². The highest BCUT2D eigenvalue weighted by molar-refractivity contribution is 5.82. The highest BCUT2D eigenvalue weighted by atomic mass is 16.4. The lowest BCUT2D eigenvalue weighted by molar-refractivity contribution is -0.145. The van der Waals surface area contributed by atoms with Crippen LogP contribution in [0.25, 0.3) is 0 Å². The molecule has 2 nitrogen and oxygen atoms in total. The van der Waals surface area contributed by atoms with Crippen LogP contribution in [-0.2, 0) is 10.2 Å². The summed E-state index contributed by atoms with van der Waals surface area (Å²) in [7, 11) is 0. The molecule has 0 saturated heterocycles. The molecule has 0 bridgehead atoms. The average molecular weight is 246 g/mol. The Balaban J connectivity index is 2.34. The van der Waals surface area contributed by atoms with E-state index in [0.29, 0.717) is 5.92 Å². The predicted molar refractivity (Wildman–Crippen MR) is 72.6 cm³/mol. The number of benzene rings is 1. The van der Waals surface area contributed by atoms with Crippen LogP contribution in [0.3, 0.4) is 0 Å². The van der Waals surface area contributed by atoms with Crippen molar-refractivity contribution < 1.29 is 9.90 Å². The Kier molecular flexibility index (Phi) is 4.05. The molecule has 1 fully saturated rings. The summed E-state index contributed by atoms with van der Waals surface area (Å²) < 4.78 is 0. The van der Waals surface area contributed by atoms with Crippen LogP contribution in [-0.4, -0.2) is 11.1 Å². The van der Waals surface area contributed by atoms with Crippen molar-refractivity contribution in [3.63, 3.8) is 0 Å². The molecule has 1 N–H and O–H groups in total. The zero-order valence-corrected chi connectivity index (χ0v) is 11.1. The molecule has 1 aliphatic rings. The molecular weight excluding hydrogens is 224 g/mol. The highest BCUT2D eigenvalue weighted by Crippen LogP contribution is 2.48. The van der Waals surface area contributed by atoms with E-state index in [-0.39, 0.29) is 0 Å². The van der Waals surface area contributed by atoms with Crippen molar-refractivity contribution in [1.82, 2.24) is 0 Å². The Bertz CT molecular complexity index is 399. The lowest BCUT2D eigenvalue weighted by atomic mass is 9.70. The highest BCUT2D eigenvalue weighted by Gasteiger charge is 2.49. The summed E-state index contributed by atoms with van der Waals surface area (Å²) in [6.45, 7) is 2.17. The van der Waals surface area contributed by atoms with Gasteiger partial charge in [-0.3, -0.25) is 4.79 Å². The first-order valence-electron chi connectivity index (χ1n) is 7.00. The zero-order valence-electron chi connectivity index (χ0n) is 11.1. The van der Waals surface area contributed by atoms with Gasteiger partial charge >= 0.3 is 5.97 Å². The van der Waals surface area contributed by atoms with Gasteiger partial charge in [-0.1, -0.05) is 56.5 Å². The Morgan fingerprint density at radius 2 is 2.11 bits per heavy atom. The fraction of sp³-hybridized carbons (Fsp3) is 0.562. The van der Waals surface area contributed by atoms with E-state index in [9.17, 15) is 9.90 Å². The van der Waals surface area contributed by atoms with Gasteiger partial charge in [0, 0.05) is 0 Å². The van der Waals surface area contributed by atoms with E-state index in [0.717, 1.165) is 44.1 Å². The van der Waals surface area contributed by atoms with Gasteiger partial charge in [-0.2, -0.15) is 0 Å². The minimum absolute atomic E-state index is 0.303. The van der Waals surface area contributed by atoms with Crippen molar-refractivity contribution in [2.45, 2.75) is 50.9 Å². The summed E-state index contributed by atoms with van der Waals surface area (Å²) in [5.41, 5.74) is 0.368. The number of unbranched alkanes of at least 4 members (excludes halogenated alkanes) is 1. The molecule has 1 aliphatic carbocycles. The second-order valence-corrected chi connectivity index (χ2v) is 5.37. The quantitative estimate of drug-likeness (QED) is 0.852. The third-order valence-corrected chi connectivity index (χ3v) is 4.40. The Hall–Kier alpha value is -1.31. The van der Waals surface area contributed by atoms with Crippen molar-refractivity contribution in [3.05, 3.63) is 35.9 Å². The number of carboxylic acid groups (broad SMARTS) is 1. The van der Waals surface area contributed by atoms with E-state index < -0.39 is 11.4 Å². The monoisotopic (exact) mass is 246 g/mol. The molecule has 2 unspecified atom stereocenters. The number of rotatable bonds is 5. The Morgan fingerprint density at radius 3 is 2.72 bits per heavy atom. The molecule has 1 saturated carbocycles. The fourth-order valence-corrected chi connectivity index (χ4v) is 3.44. The Labute approximate surface area is 109 Å². The van der Waals surface area contributed by atoms with Crippen molar-refractivity contribution >= 4 is 5.97 Å². The number of aliphatic carboxylic acids is 1. The van der Waals surface area contributed by atoms with Crippen molar-refractivity contribution in [3.8, 4) is 0 Å². The summed E-state index contributed by atoms with van der Waals surface area (Å²) >= 11 is 0. The molecule has 2 heteroatoms. The first kappa shape index (κ1) is 13.1. The number of hydrogen-bond acceptors (Lipinski definition) is 1. The third kappa shape index (κ3) is 2.16. The summed E-state index contributed by atoms with van der Waals surface area (Å²) in [5, 5.41) is 9.79. The summed E-state index contributed by atoms with van der Waals surface area (Å²) in [6, 6.07) is 9.83. The van der Waals surface area contributed by atoms with Crippen molar-refractivity contribution in [2.75, 3.05) is 0 Å². The van der Waals surface area contributed by atoms with E-state index in [1.54, 1.807) is 0 Å². The third-order valence-electron chi connectivity index (χ3n) is 4.40. The molecule has 18 heavy (non-hydrogen) atoms. The molecule has 0 amide bonds. The maximum Gasteiger partial charge on any atom is 0.314 e. The topological polar surface area (TPSA) is 37.3 Å². The standard InChI is InChI=1S/C16H22O2/c1-2-3-8-13-11-7-12-16(13,15(17)18)14-9-5-4-6-10-14/h4-6,9-10,13H,2-3,7-8,11-12H2,1H3,(H,17,18). The van der Waals surface area contributed by atoms with Gasteiger partial charge in [0.1, 0.15) is 0 Å². The largest absolute Gasteiger partial charge is 0.481 e. The lowest BCUT2D eigenvalue weighted by Crippen LogP contribution is -2.39. The summed E-state index contributed by atoms with van der Waals surface area (Å²) in [4.78, 5) is 11.9. The van der Waals surface area contributed by atoms with E-state index >= 15 is 0 Å². The van der Waals surface area contributed by atoms with E-state index in [1.165, 1.54) is 0 Å². The van der Waals surface area contributed by atoms with Gasteiger partial charge < -0.3 is 5.11 Å². The van der Waals surface area contributed by atoms with Gasteiger partial charge in [-0.05, 0) is 30.7 Å². The summed E-state index contributed by atoms with van der Waals surface area (Å²) in [5.74, 6) is -0.329. The second-order valence-electron chi connectivity index (χ2n) is 5.37. The fourth-order valence-electron chi connectivity index (χ4n) is 3.44. The number of carboxylic acids is 1. The molecule has 0 spiro atoms. The Morgan fingerprint density at radius 1 is 1.39 bits per heavy atom. The van der Waals surface area contributed by atoms with Gasteiger partial charge in [-0.25, -0.2) is 0 Å². The van der Waals surface area contributed by atoms with E-state index in [4.69, 9.17) is 0 Å². The molecule has 2 rings (SSSR count). The smallest absolute Gasteiger partial charge is 0.314 e. The van der Waals surface area contributed by atoms with Crippen LogP contribution in [0.4, 0.5) is 0 Å². The van der Waals surface area contributed by atoms with Crippen LogP contribution in [0.2, 0.25) is 0 Å². The summed E-state index contributed by atoms with van der Waals surface area (Å²) in [6.07, 6.45) is 6.20. The van der Waals surface area contributed by atoms with Crippen molar-refractivity contribution in [1.29, 1.82) is 0 Å². The molecular formula is C16H22O2. The molecule has 0 heterocycles. The molecule has 98 valence electrons. The van der Waals surface area contributed by atoms with Crippen LogP contribution >= 0.6 is 0 Å². The van der Waals surface area contributed by atoms with E-state index in [1.807, 2.05) is 30.3 Å². The maximum atomic E-state index is 11.9. The minimum Gasteiger partial charge on any atom is -0.481 e. The van der Waals surface area contributed by atoms with E-state index in [2.05, 4.69) is 6.92 Å². The van der Waals surface area contributed by atoms with Gasteiger partial charge in [0.25, 0.3) is 0 Å². The normalized spacial score (nSPS) is 27.3. The lowest BCUT2D eigenvalue weighted by Gasteiger charge is -2.32. The van der Waals surface area contributed by atoms with Gasteiger partial charge in [0.15, 0.2) is 0 Å². The van der Waals surface area contributed by atoms with Crippen LogP contribution in [0.1, 0.15) is 51.0 Å². The first-order valence-corrected chi connectivity index (χ1v) is 7.00. The second kappa shape index (κ2) is 5.55. The SMILES string of the molecule is CCCCC1CCCC1(C(=O)O)c1ccccc1. The van der Waals surface area contributed by atoms with Crippen LogP contribution in [0.5, 0.6) is 0 Å². The predicted octanol–water partition coefficient (Wildman–Crippen LogP) is 4.00. The molecule has 0 aromatic heterocycles. The van der Waals surface area contributed by atoms with Gasteiger partial charge in [0.2, 0.25) is 0 Å². The number of carbonyl (C=O) groups is 1. The van der Waals surface area contributed by atoms with Gasteiger partial charge in [0.05, 0.1) is 5.41 Å². The van der Waals surface area contributed by atoms with Crippen molar-refractivity contribution in [2.24, 2.45) is 5.92 Å². The zero-order chi connectivity index (χ0) is 13.0. The molecule has 1 aromatic carbocycles. The average Bonchev–Trinajstić information content (AvgIpc) is 2.82. The van der Waals surface area contributed by atoms with Crippen LogP contribution in [0.15, 0.2) is 30.3 Å². The maximum absolute atomic E-state index is 11.9. The van der Waals surface area contributed by atoms with Crippen LogP contribution in [0, 0.1) is 5.92 Å². The molecule has 1 aromatic rings. The molecule has 0 radical (unpaired) electrons.